The van der Waals surface area contributed by atoms with Crippen molar-refractivity contribution in [1.82, 2.24) is 4.90 Å². The standard InChI is InChI=1S/C17H22N2O3S2.ClH/c1-17(2,11-18)12-19(3)16(20)14-9-10-15(23-14)24(21,22)13-7-5-4-6-8-13;/h4-10H,11-12,18H2,1-3H3;1H. The minimum absolute atomic E-state index is 0. The molecule has 0 atom stereocenters. The van der Waals surface area contributed by atoms with E-state index < -0.39 is 9.84 Å². The minimum atomic E-state index is -3.59. The smallest absolute Gasteiger partial charge is 0.263 e. The summed E-state index contributed by atoms with van der Waals surface area (Å²) in [5.41, 5.74) is 5.51. The molecule has 1 aromatic carbocycles. The Kier molecular flexibility index (Phi) is 7.19. The van der Waals surface area contributed by atoms with E-state index in [1.807, 2.05) is 13.8 Å². The van der Waals surface area contributed by atoms with Crippen molar-refractivity contribution in [3.8, 4) is 0 Å². The van der Waals surface area contributed by atoms with Gasteiger partial charge in [-0.05, 0) is 36.2 Å². The fourth-order valence-electron chi connectivity index (χ4n) is 2.26. The second kappa shape index (κ2) is 8.31. The fraction of sp³-hybridized carbons (Fsp3) is 0.353. The first-order valence-electron chi connectivity index (χ1n) is 7.53. The van der Waals surface area contributed by atoms with E-state index in [9.17, 15) is 13.2 Å². The maximum atomic E-state index is 12.6. The third kappa shape index (κ3) is 5.04. The molecule has 0 aliphatic heterocycles. The maximum absolute atomic E-state index is 12.6. The first-order valence-corrected chi connectivity index (χ1v) is 9.83. The normalized spacial score (nSPS) is 11.7. The van der Waals surface area contributed by atoms with Crippen molar-refractivity contribution in [3.05, 3.63) is 47.3 Å². The summed E-state index contributed by atoms with van der Waals surface area (Å²) in [5.74, 6) is -0.198. The molecule has 25 heavy (non-hydrogen) atoms. The second-order valence-corrected chi connectivity index (χ2v) is 9.73. The number of hydrogen-bond donors (Lipinski definition) is 1. The largest absolute Gasteiger partial charge is 0.340 e. The van der Waals surface area contributed by atoms with Crippen molar-refractivity contribution in [2.75, 3.05) is 20.1 Å². The highest BCUT2D eigenvalue weighted by Crippen LogP contribution is 2.28. The van der Waals surface area contributed by atoms with E-state index in [2.05, 4.69) is 0 Å². The molecular weight excluding hydrogens is 380 g/mol. The second-order valence-electron chi connectivity index (χ2n) is 6.46. The lowest BCUT2D eigenvalue weighted by Crippen LogP contribution is -2.39. The molecular formula is C17H23ClN2O3S2. The van der Waals surface area contributed by atoms with E-state index in [1.165, 1.54) is 6.07 Å². The van der Waals surface area contributed by atoms with Gasteiger partial charge in [-0.25, -0.2) is 8.42 Å². The summed E-state index contributed by atoms with van der Waals surface area (Å²) in [6.07, 6.45) is 0. The average Bonchev–Trinajstić information content (AvgIpc) is 3.05. The lowest BCUT2D eigenvalue weighted by Gasteiger charge is -2.28. The van der Waals surface area contributed by atoms with Gasteiger partial charge in [-0.15, -0.1) is 23.7 Å². The number of carbonyl (C=O) groups excluding carboxylic acids is 1. The lowest BCUT2D eigenvalue weighted by molar-refractivity contribution is 0.0745. The van der Waals surface area contributed by atoms with Crippen LogP contribution < -0.4 is 5.73 Å². The molecule has 1 heterocycles. The Labute approximate surface area is 159 Å². The summed E-state index contributed by atoms with van der Waals surface area (Å²) in [4.78, 5) is 14.7. The van der Waals surface area contributed by atoms with Gasteiger partial charge in [0.1, 0.15) is 4.21 Å². The van der Waals surface area contributed by atoms with Gasteiger partial charge in [0, 0.05) is 13.6 Å². The van der Waals surface area contributed by atoms with Gasteiger partial charge in [0.25, 0.3) is 5.91 Å². The first kappa shape index (κ1) is 21.6. The quantitative estimate of drug-likeness (QED) is 0.805. The molecule has 2 aromatic rings. The van der Waals surface area contributed by atoms with Crippen LogP contribution in [0.3, 0.4) is 0 Å². The van der Waals surface area contributed by atoms with Gasteiger partial charge >= 0.3 is 0 Å². The van der Waals surface area contributed by atoms with Crippen LogP contribution >= 0.6 is 23.7 Å². The average molecular weight is 403 g/mol. The van der Waals surface area contributed by atoms with Gasteiger partial charge in [-0.1, -0.05) is 32.0 Å². The Bertz CT molecular complexity index is 817. The molecule has 0 bridgehead atoms. The third-order valence-corrected chi connectivity index (χ3v) is 7.01. The Morgan fingerprint density at radius 3 is 2.32 bits per heavy atom. The minimum Gasteiger partial charge on any atom is -0.340 e. The van der Waals surface area contributed by atoms with Crippen LogP contribution in [0.2, 0.25) is 0 Å². The van der Waals surface area contributed by atoms with Crippen molar-refractivity contribution in [3.63, 3.8) is 0 Å². The van der Waals surface area contributed by atoms with Crippen LogP contribution in [0, 0.1) is 5.41 Å². The zero-order valence-electron chi connectivity index (χ0n) is 14.4. The maximum Gasteiger partial charge on any atom is 0.263 e. The molecule has 2 rings (SSSR count). The number of carbonyl (C=O) groups is 1. The van der Waals surface area contributed by atoms with Crippen LogP contribution in [0.5, 0.6) is 0 Å². The molecule has 0 spiro atoms. The summed E-state index contributed by atoms with van der Waals surface area (Å²) in [5, 5.41) is 0. The molecule has 1 amide bonds. The van der Waals surface area contributed by atoms with E-state index in [-0.39, 0.29) is 32.8 Å². The highest BCUT2D eigenvalue weighted by atomic mass is 35.5. The lowest BCUT2D eigenvalue weighted by atomic mass is 9.93. The Balaban J connectivity index is 0.00000312. The van der Waals surface area contributed by atoms with Gasteiger partial charge in [0.15, 0.2) is 0 Å². The highest BCUT2D eigenvalue weighted by molar-refractivity contribution is 7.93. The molecule has 0 fully saturated rings. The molecule has 2 N–H and O–H groups in total. The number of hydrogen-bond acceptors (Lipinski definition) is 5. The molecule has 0 saturated heterocycles. The topological polar surface area (TPSA) is 80.5 Å². The molecule has 5 nitrogen and oxygen atoms in total. The van der Waals surface area contributed by atoms with Crippen molar-refractivity contribution in [1.29, 1.82) is 0 Å². The van der Waals surface area contributed by atoms with Crippen LogP contribution in [0.4, 0.5) is 0 Å². The van der Waals surface area contributed by atoms with Crippen molar-refractivity contribution in [2.24, 2.45) is 11.1 Å². The van der Waals surface area contributed by atoms with Crippen LogP contribution in [-0.2, 0) is 9.84 Å². The van der Waals surface area contributed by atoms with E-state index >= 15 is 0 Å². The molecule has 0 unspecified atom stereocenters. The molecule has 0 saturated carbocycles. The van der Waals surface area contributed by atoms with Gasteiger partial charge < -0.3 is 10.6 Å². The van der Waals surface area contributed by atoms with Gasteiger partial charge in [0.2, 0.25) is 9.84 Å². The number of amides is 1. The van der Waals surface area contributed by atoms with Crippen LogP contribution in [0.1, 0.15) is 23.5 Å². The summed E-state index contributed by atoms with van der Waals surface area (Å²) >= 11 is 0.994. The van der Waals surface area contributed by atoms with E-state index in [1.54, 1.807) is 48.3 Å². The predicted octanol–water partition coefficient (Wildman–Crippen LogP) is 3.06. The van der Waals surface area contributed by atoms with Crippen molar-refractivity contribution < 1.29 is 13.2 Å². The SMILES string of the molecule is CN(CC(C)(C)CN)C(=O)c1ccc(S(=O)(=O)c2ccccc2)s1.Cl. The van der Waals surface area contributed by atoms with Gasteiger partial charge in [-0.2, -0.15) is 0 Å². The van der Waals surface area contributed by atoms with E-state index in [0.29, 0.717) is 18.0 Å². The summed E-state index contributed by atoms with van der Waals surface area (Å²) in [7, 11) is -1.89. The number of nitrogens with zero attached hydrogens (tertiary/aromatic N) is 1. The Morgan fingerprint density at radius 1 is 1.16 bits per heavy atom. The predicted molar refractivity (Wildman–Crippen MR) is 103 cm³/mol. The summed E-state index contributed by atoms with van der Waals surface area (Å²) < 4.78 is 25.3. The van der Waals surface area contributed by atoms with Gasteiger partial charge in [-0.3, -0.25) is 4.79 Å². The zero-order valence-corrected chi connectivity index (χ0v) is 16.9. The van der Waals surface area contributed by atoms with Crippen molar-refractivity contribution >= 4 is 39.5 Å². The first-order chi connectivity index (χ1) is 11.2. The molecule has 8 heteroatoms. The zero-order chi connectivity index (χ0) is 18.0. The third-order valence-electron chi connectivity index (χ3n) is 3.67. The molecule has 0 aliphatic carbocycles. The number of benzene rings is 1. The molecule has 0 aliphatic rings. The number of nitrogens with two attached hydrogens (primary N) is 1. The van der Waals surface area contributed by atoms with E-state index in [4.69, 9.17) is 5.73 Å². The van der Waals surface area contributed by atoms with Crippen LogP contribution in [0.25, 0.3) is 0 Å². The number of thiophene rings is 1. The molecule has 1 aromatic heterocycles. The van der Waals surface area contributed by atoms with E-state index in [0.717, 1.165) is 11.3 Å². The van der Waals surface area contributed by atoms with Gasteiger partial charge in [0.05, 0.1) is 9.77 Å². The number of halogens is 1. The number of rotatable bonds is 6. The summed E-state index contributed by atoms with van der Waals surface area (Å²) in [6.45, 7) is 4.93. The monoisotopic (exact) mass is 402 g/mol. The number of sulfone groups is 1. The van der Waals surface area contributed by atoms with Crippen LogP contribution in [0.15, 0.2) is 51.6 Å². The molecule has 138 valence electrons. The van der Waals surface area contributed by atoms with Crippen molar-refractivity contribution in [2.45, 2.75) is 23.0 Å². The fourth-order valence-corrected chi connectivity index (χ4v) is 4.99. The summed E-state index contributed by atoms with van der Waals surface area (Å²) in [6, 6.07) is 11.3. The van der Waals surface area contributed by atoms with Crippen LogP contribution in [-0.4, -0.2) is 39.4 Å². The Hall–Kier alpha value is -1.41. The highest BCUT2D eigenvalue weighted by Gasteiger charge is 2.25. The Morgan fingerprint density at radius 2 is 1.76 bits per heavy atom. The molecule has 0 radical (unpaired) electrons.